The number of nitrogens with zero attached hydrogens (tertiary/aromatic N) is 2. The molecule has 48 valence electrons. The fraction of sp³-hybridized carbons (Fsp3) is 0.571. The highest BCUT2D eigenvalue weighted by atomic mass is 15.1. The van der Waals surface area contributed by atoms with E-state index in [2.05, 4.69) is 12.0 Å². The van der Waals surface area contributed by atoms with Gasteiger partial charge in [-0.25, -0.2) is 0 Å². The quantitative estimate of drug-likeness (QED) is 0.498. The summed E-state index contributed by atoms with van der Waals surface area (Å²) in [5.41, 5.74) is 0. The first-order valence-electron chi connectivity index (χ1n) is 2.75. The molecule has 1 atom stereocenters. The Hall–Kier alpha value is -0.990. The zero-order valence-electron chi connectivity index (χ0n) is 5.76. The van der Waals surface area contributed by atoms with E-state index in [0.29, 0.717) is 6.54 Å². The van der Waals surface area contributed by atoms with Gasteiger partial charge in [0.05, 0.1) is 18.7 Å². The third-order valence-electron chi connectivity index (χ3n) is 1.19. The van der Waals surface area contributed by atoms with E-state index in [1.54, 1.807) is 4.90 Å². The molecule has 0 radical (unpaired) electrons. The maximum absolute atomic E-state index is 8.37. The molecule has 0 bridgehead atoms. The molecule has 0 N–H and O–H groups in total. The molecular formula is C7H10N2. The lowest BCUT2D eigenvalue weighted by Crippen LogP contribution is -2.27. The summed E-state index contributed by atoms with van der Waals surface area (Å²) in [7, 11) is 1.83. The molecule has 0 rings (SSSR count). The third kappa shape index (κ3) is 2.74. The summed E-state index contributed by atoms with van der Waals surface area (Å²) in [6, 6.07) is 2.00. The van der Waals surface area contributed by atoms with Crippen molar-refractivity contribution in [3.63, 3.8) is 0 Å². The Labute approximate surface area is 56.1 Å². The highest BCUT2D eigenvalue weighted by Gasteiger charge is 2.03. The molecule has 2 nitrogen and oxygen atoms in total. The highest BCUT2D eigenvalue weighted by molar-refractivity contribution is 4.94. The van der Waals surface area contributed by atoms with Crippen molar-refractivity contribution >= 4 is 0 Å². The van der Waals surface area contributed by atoms with Gasteiger partial charge in [-0.2, -0.15) is 5.26 Å². The molecule has 0 saturated carbocycles. The van der Waals surface area contributed by atoms with Crippen molar-refractivity contribution in [3.8, 4) is 18.4 Å². The summed E-state index contributed by atoms with van der Waals surface area (Å²) in [6.45, 7) is 2.35. The summed E-state index contributed by atoms with van der Waals surface area (Å²) in [5.74, 6) is 2.46. The fourth-order valence-electron chi connectivity index (χ4n) is 0.379. The van der Waals surface area contributed by atoms with Crippen molar-refractivity contribution in [2.45, 2.75) is 13.0 Å². The molecular weight excluding hydrogens is 112 g/mol. The number of rotatable bonds is 2. The average molecular weight is 122 g/mol. The van der Waals surface area contributed by atoms with Gasteiger partial charge in [0.2, 0.25) is 0 Å². The molecule has 0 aliphatic rings. The van der Waals surface area contributed by atoms with Crippen LogP contribution in [0, 0.1) is 23.7 Å². The van der Waals surface area contributed by atoms with E-state index in [-0.39, 0.29) is 6.04 Å². The molecule has 0 saturated heterocycles. The van der Waals surface area contributed by atoms with Crippen LogP contribution in [0.4, 0.5) is 0 Å². The molecule has 0 aliphatic carbocycles. The summed E-state index contributed by atoms with van der Waals surface area (Å²) in [6.07, 6.45) is 5.02. The van der Waals surface area contributed by atoms with Crippen molar-refractivity contribution in [2.24, 2.45) is 0 Å². The van der Waals surface area contributed by atoms with Crippen LogP contribution in [0.25, 0.3) is 0 Å². The minimum absolute atomic E-state index is 0.0824. The monoisotopic (exact) mass is 122 g/mol. The molecule has 0 amide bonds. The molecule has 1 unspecified atom stereocenters. The van der Waals surface area contributed by atoms with E-state index in [9.17, 15) is 0 Å². The van der Waals surface area contributed by atoms with Crippen LogP contribution in [-0.4, -0.2) is 24.5 Å². The van der Waals surface area contributed by atoms with Crippen LogP contribution >= 0.6 is 0 Å². The molecule has 0 aromatic carbocycles. The van der Waals surface area contributed by atoms with Gasteiger partial charge >= 0.3 is 0 Å². The lowest BCUT2D eigenvalue weighted by molar-refractivity contribution is 0.340. The molecule has 0 aromatic rings. The zero-order valence-corrected chi connectivity index (χ0v) is 5.76. The van der Waals surface area contributed by atoms with Crippen molar-refractivity contribution in [2.75, 3.05) is 13.6 Å². The smallest absolute Gasteiger partial charge is 0.0954 e. The van der Waals surface area contributed by atoms with E-state index in [1.165, 1.54) is 0 Å². The van der Waals surface area contributed by atoms with Gasteiger partial charge in [0, 0.05) is 0 Å². The van der Waals surface area contributed by atoms with Crippen LogP contribution in [0.5, 0.6) is 0 Å². The SMILES string of the molecule is C#CCN(C)C(C)C#N. The van der Waals surface area contributed by atoms with Gasteiger partial charge in [0.25, 0.3) is 0 Å². The first-order valence-corrected chi connectivity index (χ1v) is 2.75. The van der Waals surface area contributed by atoms with Crippen molar-refractivity contribution < 1.29 is 0 Å². The molecule has 0 heterocycles. The van der Waals surface area contributed by atoms with Crippen LogP contribution < -0.4 is 0 Å². The highest BCUT2D eigenvalue weighted by Crippen LogP contribution is 1.89. The van der Waals surface area contributed by atoms with Gasteiger partial charge in [-0.05, 0) is 14.0 Å². The maximum Gasteiger partial charge on any atom is 0.0954 e. The summed E-state index contributed by atoms with van der Waals surface area (Å²) in [5, 5.41) is 8.37. The third-order valence-corrected chi connectivity index (χ3v) is 1.19. The number of hydrogen-bond donors (Lipinski definition) is 0. The van der Waals surface area contributed by atoms with Crippen LogP contribution in [-0.2, 0) is 0 Å². The van der Waals surface area contributed by atoms with E-state index < -0.39 is 0 Å². The van der Waals surface area contributed by atoms with Crippen LogP contribution in [0.3, 0.4) is 0 Å². The van der Waals surface area contributed by atoms with Gasteiger partial charge in [0.1, 0.15) is 0 Å². The minimum Gasteiger partial charge on any atom is -0.280 e. The normalized spacial score (nSPS) is 12.1. The van der Waals surface area contributed by atoms with Crippen molar-refractivity contribution in [1.29, 1.82) is 5.26 Å². The Bertz CT molecular complexity index is 149. The van der Waals surface area contributed by atoms with Gasteiger partial charge < -0.3 is 0 Å². The molecule has 0 aliphatic heterocycles. The fourth-order valence-corrected chi connectivity index (χ4v) is 0.379. The summed E-state index contributed by atoms with van der Waals surface area (Å²) < 4.78 is 0. The number of terminal acetylenes is 1. The Morgan fingerprint density at radius 1 is 1.78 bits per heavy atom. The first kappa shape index (κ1) is 8.01. The Balaban J connectivity index is 3.65. The second-order valence-corrected chi connectivity index (χ2v) is 1.92. The van der Waals surface area contributed by atoms with E-state index in [4.69, 9.17) is 11.7 Å². The van der Waals surface area contributed by atoms with Crippen molar-refractivity contribution in [1.82, 2.24) is 4.90 Å². The van der Waals surface area contributed by atoms with Crippen molar-refractivity contribution in [3.05, 3.63) is 0 Å². The topological polar surface area (TPSA) is 27.0 Å². The largest absolute Gasteiger partial charge is 0.280 e. The van der Waals surface area contributed by atoms with Gasteiger partial charge in [-0.1, -0.05) is 5.92 Å². The predicted molar refractivity (Wildman–Crippen MR) is 36.5 cm³/mol. The lowest BCUT2D eigenvalue weighted by atomic mass is 10.3. The van der Waals surface area contributed by atoms with E-state index >= 15 is 0 Å². The maximum atomic E-state index is 8.37. The van der Waals surface area contributed by atoms with Crippen LogP contribution in [0.2, 0.25) is 0 Å². The Morgan fingerprint density at radius 3 is 2.67 bits per heavy atom. The standard InChI is InChI=1S/C7H10N2/c1-4-5-9(3)7(2)6-8/h1,7H,5H2,2-3H3. The lowest BCUT2D eigenvalue weighted by Gasteiger charge is -2.14. The van der Waals surface area contributed by atoms with Crippen LogP contribution in [0.15, 0.2) is 0 Å². The Kier molecular flexibility index (Phi) is 3.51. The van der Waals surface area contributed by atoms with E-state index in [0.717, 1.165) is 0 Å². The molecule has 9 heavy (non-hydrogen) atoms. The number of hydrogen-bond acceptors (Lipinski definition) is 2. The zero-order chi connectivity index (χ0) is 7.28. The summed E-state index contributed by atoms with van der Waals surface area (Å²) in [4.78, 5) is 1.81. The molecule has 2 heteroatoms. The predicted octanol–water partition coefficient (Wildman–Crippen LogP) is 0.463. The van der Waals surface area contributed by atoms with E-state index in [1.807, 2.05) is 14.0 Å². The Morgan fingerprint density at radius 2 is 2.33 bits per heavy atom. The second kappa shape index (κ2) is 3.95. The van der Waals surface area contributed by atoms with Crippen LogP contribution in [0.1, 0.15) is 6.92 Å². The van der Waals surface area contributed by atoms with Gasteiger partial charge in [-0.15, -0.1) is 6.42 Å². The van der Waals surface area contributed by atoms with Gasteiger partial charge in [-0.3, -0.25) is 4.90 Å². The average Bonchev–Trinajstić information content (AvgIpc) is 1.87. The first-order chi connectivity index (χ1) is 4.22. The summed E-state index contributed by atoms with van der Waals surface area (Å²) >= 11 is 0. The second-order valence-electron chi connectivity index (χ2n) is 1.92. The molecule has 0 aromatic heterocycles. The minimum atomic E-state index is -0.0824. The molecule has 0 fully saturated rings. The molecule has 0 spiro atoms. The van der Waals surface area contributed by atoms with Gasteiger partial charge in [0.15, 0.2) is 0 Å². The number of nitriles is 1.